The van der Waals surface area contributed by atoms with Crippen LogP contribution < -0.4 is 5.32 Å². The summed E-state index contributed by atoms with van der Waals surface area (Å²) in [5, 5.41) is 2.93. The van der Waals surface area contributed by atoms with Crippen LogP contribution in [0.1, 0.15) is 51.4 Å². The van der Waals surface area contributed by atoms with E-state index in [2.05, 4.69) is 5.32 Å². The molecule has 4 unspecified atom stereocenters. The van der Waals surface area contributed by atoms with Crippen LogP contribution >= 0.6 is 0 Å². The van der Waals surface area contributed by atoms with E-state index in [1.54, 1.807) is 4.90 Å². The number of hydrogen-bond donors (Lipinski definition) is 1. The van der Waals surface area contributed by atoms with Gasteiger partial charge in [0.1, 0.15) is 0 Å². The van der Waals surface area contributed by atoms with Gasteiger partial charge in [0.05, 0.1) is 18.5 Å². The first-order valence-electron chi connectivity index (χ1n) is 8.53. The van der Waals surface area contributed by atoms with Gasteiger partial charge in [-0.1, -0.05) is 19.3 Å². The lowest BCUT2D eigenvalue weighted by molar-refractivity contribution is -0.188. The molecular weight excluding hydrogens is 309 g/mol. The van der Waals surface area contributed by atoms with Crippen LogP contribution in [0.4, 0.5) is 13.2 Å². The minimum absolute atomic E-state index is 0.00676. The molecule has 1 N–H and O–H groups in total. The number of rotatable bonds is 1. The van der Waals surface area contributed by atoms with Gasteiger partial charge in [-0.15, -0.1) is 0 Å². The first-order valence-corrected chi connectivity index (χ1v) is 8.53. The van der Waals surface area contributed by atoms with Gasteiger partial charge in [0.15, 0.2) is 0 Å². The molecule has 23 heavy (non-hydrogen) atoms. The van der Waals surface area contributed by atoms with Crippen molar-refractivity contribution in [2.24, 2.45) is 11.8 Å². The highest BCUT2D eigenvalue weighted by atomic mass is 19.4. The van der Waals surface area contributed by atoms with E-state index in [0.717, 1.165) is 25.7 Å². The molecule has 2 saturated carbocycles. The summed E-state index contributed by atoms with van der Waals surface area (Å²) in [5.74, 6) is -2.41. The Kier molecular flexibility index (Phi) is 4.56. The zero-order valence-electron chi connectivity index (χ0n) is 13.1. The van der Waals surface area contributed by atoms with E-state index in [1.807, 2.05) is 0 Å². The van der Waals surface area contributed by atoms with Crippen molar-refractivity contribution in [3.63, 3.8) is 0 Å². The largest absolute Gasteiger partial charge is 0.391 e. The number of carbonyl (C=O) groups excluding carboxylic acids is 2. The SMILES string of the molecule is O=C1CN(C(=O)C2CCCC(C(F)(F)F)C2)C2CCCCC2N1. The summed E-state index contributed by atoms with van der Waals surface area (Å²) in [6.45, 7) is -0.00676. The van der Waals surface area contributed by atoms with Gasteiger partial charge < -0.3 is 10.2 Å². The highest BCUT2D eigenvalue weighted by Crippen LogP contribution is 2.41. The van der Waals surface area contributed by atoms with Crippen molar-refractivity contribution in [3.05, 3.63) is 0 Å². The molecule has 0 aromatic rings. The predicted octanol–water partition coefficient (Wildman–Crippen LogP) is 2.62. The van der Waals surface area contributed by atoms with Crippen molar-refractivity contribution in [2.45, 2.75) is 69.6 Å². The van der Waals surface area contributed by atoms with Crippen LogP contribution in [0.3, 0.4) is 0 Å². The standard InChI is InChI=1S/C16H23F3N2O2/c17-16(18,19)11-5-3-4-10(8-11)15(23)21-9-14(22)20-12-6-1-2-7-13(12)21/h10-13H,1-9H2,(H,20,22). The molecular formula is C16H23F3N2O2. The molecule has 0 spiro atoms. The summed E-state index contributed by atoms with van der Waals surface area (Å²) < 4.78 is 38.9. The van der Waals surface area contributed by atoms with Crippen molar-refractivity contribution in [1.82, 2.24) is 10.2 Å². The van der Waals surface area contributed by atoms with E-state index in [4.69, 9.17) is 0 Å². The van der Waals surface area contributed by atoms with Gasteiger partial charge in [-0.25, -0.2) is 0 Å². The average Bonchev–Trinajstić information content (AvgIpc) is 2.52. The van der Waals surface area contributed by atoms with Crippen LogP contribution in [-0.4, -0.2) is 41.5 Å². The normalized spacial score (nSPS) is 35.4. The van der Waals surface area contributed by atoms with Crippen LogP contribution in [0.15, 0.2) is 0 Å². The molecule has 4 nitrogen and oxygen atoms in total. The fourth-order valence-electron chi connectivity index (χ4n) is 4.36. The number of halogens is 3. The molecule has 7 heteroatoms. The van der Waals surface area contributed by atoms with E-state index >= 15 is 0 Å². The van der Waals surface area contributed by atoms with E-state index in [9.17, 15) is 22.8 Å². The molecule has 0 radical (unpaired) electrons. The number of hydrogen-bond acceptors (Lipinski definition) is 2. The van der Waals surface area contributed by atoms with E-state index < -0.39 is 18.0 Å². The topological polar surface area (TPSA) is 49.4 Å². The fourth-order valence-corrected chi connectivity index (χ4v) is 4.36. The molecule has 0 bridgehead atoms. The Morgan fingerprint density at radius 2 is 1.83 bits per heavy atom. The third-order valence-corrected chi connectivity index (χ3v) is 5.56. The molecule has 3 aliphatic rings. The summed E-state index contributed by atoms with van der Waals surface area (Å²) in [5.41, 5.74) is 0. The second-order valence-electron chi connectivity index (χ2n) is 7.09. The van der Waals surface area contributed by atoms with Gasteiger partial charge >= 0.3 is 6.18 Å². The first kappa shape index (κ1) is 16.6. The van der Waals surface area contributed by atoms with Crippen LogP contribution in [-0.2, 0) is 9.59 Å². The van der Waals surface area contributed by atoms with Crippen LogP contribution in [0, 0.1) is 11.8 Å². The maximum absolute atomic E-state index is 13.0. The van der Waals surface area contributed by atoms with Crippen LogP contribution in [0.25, 0.3) is 0 Å². The highest BCUT2D eigenvalue weighted by Gasteiger charge is 2.46. The summed E-state index contributed by atoms with van der Waals surface area (Å²) in [4.78, 5) is 26.2. The summed E-state index contributed by atoms with van der Waals surface area (Å²) >= 11 is 0. The maximum Gasteiger partial charge on any atom is 0.391 e. The monoisotopic (exact) mass is 332 g/mol. The first-order chi connectivity index (χ1) is 10.9. The molecule has 2 amide bonds. The molecule has 1 saturated heterocycles. The van der Waals surface area contributed by atoms with Crippen LogP contribution in [0.2, 0.25) is 0 Å². The van der Waals surface area contributed by atoms with Gasteiger partial charge in [0, 0.05) is 12.0 Å². The van der Waals surface area contributed by atoms with Gasteiger partial charge in [0.25, 0.3) is 0 Å². The summed E-state index contributed by atoms with van der Waals surface area (Å²) in [7, 11) is 0. The number of amides is 2. The zero-order chi connectivity index (χ0) is 16.6. The number of alkyl halides is 3. The lowest BCUT2D eigenvalue weighted by Crippen LogP contribution is -2.63. The van der Waals surface area contributed by atoms with Crippen molar-refractivity contribution in [2.75, 3.05) is 6.54 Å². The third-order valence-electron chi connectivity index (χ3n) is 5.56. The zero-order valence-corrected chi connectivity index (χ0v) is 13.1. The molecule has 2 aliphatic carbocycles. The number of nitrogens with zero attached hydrogens (tertiary/aromatic N) is 1. The van der Waals surface area contributed by atoms with Gasteiger partial charge in [0.2, 0.25) is 11.8 Å². The van der Waals surface area contributed by atoms with Crippen molar-refractivity contribution in [1.29, 1.82) is 0 Å². The lowest BCUT2D eigenvalue weighted by atomic mass is 9.79. The molecule has 1 aliphatic heterocycles. The molecule has 3 rings (SSSR count). The Hall–Kier alpha value is -1.27. The van der Waals surface area contributed by atoms with E-state index in [-0.39, 0.29) is 43.3 Å². The second-order valence-corrected chi connectivity index (χ2v) is 7.09. The second kappa shape index (κ2) is 6.32. The quantitative estimate of drug-likeness (QED) is 0.802. The van der Waals surface area contributed by atoms with Crippen LogP contribution in [0.5, 0.6) is 0 Å². The third kappa shape index (κ3) is 3.48. The minimum atomic E-state index is -4.23. The molecule has 4 atom stereocenters. The van der Waals surface area contributed by atoms with Gasteiger partial charge in [-0.2, -0.15) is 13.2 Å². The fraction of sp³-hybridized carbons (Fsp3) is 0.875. The maximum atomic E-state index is 13.0. The molecule has 0 aromatic carbocycles. The Morgan fingerprint density at radius 3 is 2.57 bits per heavy atom. The van der Waals surface area contributed by atoms with Crippen molar-refractivity contribution >= 4 is 11.8 Å². The Morgan fingerprint density at radius 1 is 1.09 bits per heavy atom. The number of carbonyl (C=O) groups is 2. The number of fused-ring (bicyclic) bond motifs is 1. The Labute approximate surface area is 133 Å². The Balaban J connectivity index is 1.71. The summed E-state index contributed by atoms with van der Waals surface area (Å²) in [6, 6.07) is -0.0730. The van der Waals surface area contributed by atoms with E-state index in [1.165, 1.54) is 0 Å². The Bertz CT molecular complexity index is 480. The van der Waals surface area contributed by atoms with Crippen molar-refractivity contribution in [3.8, 4) is 0 Å². The van der Waals surface area contributed by atoms with E-state index in [0.29, 0.717) is 12.8 Å². The molecule has 0 aromatic heterocycles. The molecule has 3 fully saturated rings. The van der Waals surface area contributed by atoms with Gasteiger partial charge in [-0.05, 0) is 32.1 Å². The lowest BCUT2D eigenvalue weighted by Gasteiger charge is -2.45. The average molecular weight is 332 g/mol. The highest BCUT2D eigenvalue weighted by molar-refractivity contribution is 5.87. The molecule has 130 valence electrons. The number of nitrogens with one attached hydrogen (secondary N) is 1. The predicted molar refractivity (Wildman–Crippen MR) is 77.4 cm³/mol. The number of piperazine rings is 1. The summed E-state index contributed by atoms with van der Waals surface area (Å²) in [6.07, 6.45) is 0.362. The minimum Gasteiger partial charge on any atom is -0.350 e. The van der Waals surface area contributed by atoms with Gasteiger partial charge in [-0.3, -0.25) is 9.59 Å². The molecule has 1 heterocycles. The van der Waals surface area contributed by atoms with Crippen molar-refractivity contribution < 1.29 is 22.8 Å². The smallest absolute Gasteiger partial charge is 0.350 e.